The predicted molar refractivity (Wildman–Crippen MR) is 86.1 cm³/mol. The highest BCUT2D eigenvalue weighted by atomic mass is 35.5. The average molecular weight is 358 g/mol. The number of hydrogen-bond acceptors (Lipinski definition) is 6. The van der Waals surface area contributed by atoms with Gasteiger partial charge in [-0.2, -0.15) is 5.06 Å². The van der Waals surface area contributed by atoms with E-state index in [1.807, 2.05) is 0 Å². The second-order valence-corrected chi connectivity index (χ2v) is 6.63. The molecule has 1 rings (SSSR count). The molecule has 1 atom stereocenters. The minimum absolute atomic E-state index is 0.0545. The minimum atomic E-state index is -2.31. The number of amides is 1. The van der Waals surface area contributed by atoms with Gasteiger partial charge in [0.1, 0.15) is 5.60 Å². The summed E-state index contributed by atoms with van der Waals surface area (Å²) >= 11 is 5.77. The molecule has 7 nitrogen and oxygen atoms in total. The zero-order chi connectivity index (χ0) is 18.7. The zero-order valence-corrected chi connectivity index (χ0v) is 14.9. The third-order valence-electron chi connectivity index (χ3n) is 3.12. The SMILES string of the molecule is COC(=O)C(C)(C(=O)c1ccc(Cl)cc1)N(O)C(=O)OC(C)(C)C. The third-order valence-corrected chi connectivity index (χ3v) is 3.37. The molecule has 24 heavy (non-hydrogen) atoms. The quantitative estimate of drug-likeness (QED) is 0.292. The third kappa shape index (κ3) is 4.24. The molecule has 1 aromatic carbocycles. The maximum absolute atomic E-state index is 12.7. The van der Waals surface area contributed by atoms with E-state index in [9.17, 15) is 19.6 Å². The van der Waals surface area contributed by atoms with Crippen molar-refractivity contribution >= 4 is 29.4 Å². The van der Waals surface area contributed by atoms with Crippen LogP contribution in [0.25, 0.3) is 0 Å². The zero-order valence-electron chi connectivity index (χ0n) is 14.1. The Kier molecular flexibility index (Phi) is 5.97. The van der Waals surface area contributed by atoms with Crippen LogP contribution in [0.2, 0.25) is 5.02 Å². The highest BCUT2D eigenvalue weighted by Crippen LogP contribution is 2.24. The van der Waals surface area contributed by atoms with E-state index in [-0.39, 0.29) is 10.6 Å². The molecule has 1 amide bonds. The van der Waals surface area contributed by atoms with Gasteiger partial charge in [0.05, 0.1) is 7.11 Å². The number of hydroxylamine groups is 2. The summed E-state index contributed by atoms with van der Waals surface area (Å²) in [6, 6.07) is 5.63. The number of ether oxygens (including phenoxy) is 2. The molecule has 0 bridgehead atoms. The first-order valence-corrected chi connectivity index (χ1v) is 7.42. The summed E-state index contributed by atoms with van der Waals surface area (Å²) in [6.45, 7) is 5.80. The normalized spacial score (nSPS) is 13.6. The number of rotatable bonds is 4. The Bertz CT molecular complexity index is 637. The fourth-order valence-electron chi connectivity index (χ4n) is 1.84. The molecule has 0 heterocycles. The molecule has 0 saturated heterocycles. The van der Waals surface area contributed by atoms with Gasteiger partial charge in [-0.1, -0.05) is 11.6 Å². The van der Waals surface area contributed by atoms with Gasteiger partial charge in [-0.3, -0.25) is 10.0 Å². The van der Waals surface area contributed by atoms with Crippen molar-refractivity contribution in [3.63, 3.8) is 0 Å². The molecule has 0 saturated carbocycles. The van der Waals surface area contributed by atoms with Crippen molar-refractivity contribution in [2.24, 2.45) is 0 Å². The molecule has 1 N–H and O–H groups in total. The Morgan fingerprint density at radius 3 is 2.00 bits per heavy atom. The summed E-state index contributed by atoms with van der Waals surface area (Å²) in [7, 11) is 1.04. The van der Waals surface area contributed by atoms with E-state index in [2.05, 4.69) is 4.74 Å². The van der Waals surface area contributed by atoms with E-state index in [1.54, 1.807) is 20.8 Å². The largest absolute Gasteiger partial charge is 0.467 e. The molecule has 0 aliphatic rings. The monoisotopic (exact) mass is 357 g/mol. The molecule has 132 valence electrons. The topological polar surface area (TPSA) is 93.1 Å². The van der Waals surface area contributed by atoms with Gasteiger partial charge >= 0.3 is 12.1 Å². The number of hydrogen-bond donors (Lipinski definition) is 1. The Labute approximate surface area is 145 Å². The van der Waals surface area contributed by atoms with E-state index >= 15 is 0 Å². The van der Waals surface area contributed by atoms with Crippen LogP contribution in [0.15, 0.2) is 24.3 Å². The molecule has 8 heteroatoms. The van der Waals surface area contributed by atoms with Crippen LogP contribution in [-0.4, -0.2) is 46.4 Å². The molecule has 0 radical (unpaired) electrons. The molecule has 1 aromatic rings. The van der Waals surface area contributed by atoms with Gasteiger partial charge in [-0.05, 0) is 52.0 Å². The number of esters is 1. The van der Waals surface area contributed by atoms with Gasteiger partial charge in [-0.25, -0.2) is 9.59 Å². The number of ketones is 1. The fourth-order valence-corrected chi connectivity index (χ4v) is 1.97. The fraction of sp³-hybridized carbons (Fsp3) is 0.438. The molecule has 0 aliphatic heterocycles. The summed E-state index contributed by atoms with van der Waals surface area (Å²) in [6.07, 6.45) is -1.25. The Balaban J connectivity index is 3.27. The maximum atomic E-state index is 12.7. The lowest BCUT2D eigenvalue weighted by atomic mass is 9.91. The van der Waals surface area contributed by atoms with Crippen LogP contribution in [0.1, 0.15) is 38.1 Å². The first-order valence-electron chi connectivity index (χ1n) is 7.04. The highest BCUT2D eigenvalue weighted by molar-refractivity contribution is 6.30. The van der Waals surface area contributed by atoms with Crippen LogP contribution in [0.3, 0.4) is 0 Å². The van der Waals surface area contributed by atoms with Crippen molar-refractivity contribution in [2.75, 3.05) is 7.11 Å². The molecule has 0 aromatic heterocycles. The van der Waals surface area contributed by atoms with Crippen LogP contribution in [0, 0.1) is 0 Å². The number of methoxy groups -OCH3 is 1. The van der Waals surface area contributed by atoms with Crippen LogP contribution >= 0.6 is 11.6 Å². The van der Waals surface area contributed by atoms with Crippen molar-refractivity contribution in [1.82, 2.24) is 5.06 Å². The van der Waals surface area contributed by atoms with Gasteiger partial charge in [0, 0.05) is 10.6 Å². The Hall–Kier alpha value is -2.12. The molecular formula is C16H20ClNO6. The Morgan fingerprint density at radius 2 is 1.58 bits per heavy atom. The van der Waals surface area contributed by atoms with E-state index < -0.39 is 29.0 Å². The summed E-state index contributed by atoms with van der Waals surface area (Å²) < 4.78 is 9.59. The van der Waals surface area contributed by atoms with Crippen molar-refractivity contribution in [3.05, 3.63) is 34.9 Å². The minimum Gasteiger partial charge on any atom is -0.467 e. The van der Waals surface area contributed by atoms with Gasteiger partial charge in [0.2, 0.25) is 11.3 Å². The van der Waals surface area contributed by atoms with Gasteiger partial charge in [0.25, 0.3) is 0 Å². The van der Waals surface area contributed by atoms with Crippen molar-refractivity contribution in [3.8, 4) is 0 Å². The van der Waals surface area contributed by atoms with Gasteiger partial charge in [0.15, 0.2) is 0 Å². The van der Waals surface area contributed by atoms with Gasteiger partial charge in [-0.15, -0.1) is 0 Å². The molecular weight excluding hydrogens is 338 g/mol. The van der Waals surface area contributed by atoms with Crippen LogP contribution in [0.5, 0.6) is 0 Å². The number of carbonyl (C=O) groups is 3. The van der Waals surface area contributed by atoms with Crippen molar-refractivity contribution in [2.45, 2.75) is 38.8 Å². The molecule has 0 aliphatic carbocycles. The summed E-state index contributed by atoms with van der Waals surface area (Å²) in [5.74, 6) is -1.96. The number of carbonyl (C=O) groups excluding carboxylic acids is 3. The number of Topliss-reactive ketones (excluding diaryl/α,β-unsaturated/α-hetero) is 1. The first kappa shape index (κ1) is 19.9. The van der Waals surface area contributed by atoms with E-state index in [4.69, 9.17) is 16.3 Å². The second-order valence-electron chi connectivity index (χ2n) is 6.19. The van der Waals surface area contributed by atoms with E-state index in [0.717, 1.165) is 14.0 Å². The molecule has 1 unspecified atom stereocenters. The summed E-state index contributed by atoms with van der Waals surface area (Å²) in [4.78, 5) is 37.0. The van der Waals surface area contributed by atoms with Crippen molar-refractivity contribution in [1.29, 1.82) is 0 Å². The number of benzene rings is 1. The lowest BCUT2D eigenvalue weighted by Crippen LogP contribution is -2.60. The number of halogens is 1. The van der Waals surface area contributed by atoms with Crippen LogP contribution < -0.4 is 0 Å². The smallest absolute Gasteiger partial charge is 0.435 e. The van der Waals surface area contributed by atoms with Gasteiger partial charge < -0.3 is 9.47 Å². The lowest BCUT2D eigenvalue weighted by molar-refractivity contribution is -0.178. The van der Waals surface area contributed by atoms with E-state index in [1.165, 1.54) is 24.3 Å². The average Bonchev–Trinajstić information content (AvgIpc) is 2.50. The van der Waals surface area contributed by atoms with Crippen LogP contribution in [-0.2, 0) is 14.3 Å². The lowest BCUT2D eigenvalue weighted by Gasteiger charge is -2.33. The first-order chi connectivity index (χ1) is 10.9. The maximum Gasteiger partial charge on any atom is 0.435 e. The van der Waals surface area contributed by atoms with Crippen LogP contribution in [0.4, 0.5) is 4.79 Å². The summed E-state index contributed by atoms with van der Waals surface area (Å²) in [5, 5.41) is 10.5. The van der Waals surface area contributed by atoms with E-state index in [0.29, 0.717) is 5.02 Å². The number of nitrogens with zero attached hydrogens (tertiary/aromatic N) is 1. The molecule has 0 fully saturated rings. The molecule has 0 spiro atoms. The highest BCUT2D eigenvalue weighted by Gasteiger charge is 2.51. The summed E-state index contributed by atoms with van der Waals surface area (Å²) in [5.41, 5.74) is -3.18. The second kappa shape index (κ2) is 7.19. The Morgan fingerprint density at radius 1 is 1.08 bits per heavy atom. The van der Waals surface area contributed by atoms with Crippen molar-refractivity contribution < 1.29 is 29.1 Å². The predicted octanol–water partition coefficient (Wildman–Crippen LogP) is 3.08. The standard InChI is InChI=1S/C16H20ClNO6/c1-15(2,3)24-14(21)18(22)16(4,13(20)23-5)12(19)10-6-8-11(17)9-7-10/h6-9,22H,1-5H3.